The summed E-state index contributed by atoms with van der Waals surface area (Å²) in [4.78, 5) is 45.4. The number of ether oxygens (including phenoxy) is 6. The van der Waals surface area contributed by atoms with E-state index in [1.165, 1.54) is 14.0 Å². The fraction of sp³-hybridized carbons (Fsp3) is 0.733. The van der Waals surface area contributed by atoms with Crippen molar-refractivity contribution < 1.29 is 47.6 Å². The molecular formula is C15H22O10. The van der Waals surface area contributed by atoms with Crippen molar-refractivity contribution in [2.45, 2.75) is 58.4 Å². The van der Waals surface area contributed by atoms with E-state index in [1.807, 2.05) is 0 Å². The molecule has 0 saturated carbocycles. The minimum Gasteiger partial charge on any atom is -0.463 e. The van der Waals surface area contributed by atoms with E-state index in [2.05, 4.69) is 0 Å². The van der Waals surface area contributed by atoms with Crippen molar-refractivity contribution in [1.82, 2.24) is 0 Å². The predicted molar refractivity (Wildman–Crippen MR) is 79.0 cm³/mol. The number of rotatable bonds is 6. The molecular weight excluding hydrogens is 340 g/mol. The van der Waals surface area contributed by atoms with Crippen LogP contribution in [0.4, 0.5) is 0 Å². The summed E-state index contributed by atoms with van der Waals surface area (Å²) < 4.78 is 31.1. The third-order valence-corrected chi connectivity index (χ3v) is 3.18. The van der Waals surface area contributed by atoms with Gasteiger partial charge in [-0.3, -0.25) is 19.2 Å². The number of methoxy groups -OCH3 is 1. The molecule has 10 nitrogen and oxygen atoms in total. The van der Waals surface area contributed by atoms with Crippen LogP contribution in [0.5, 0.6) is 0 Å². The zero-order valence-electron chi connectivity index (χ0n) is 14.7. The van der Waals surface area contributed by atoms with Gasteiger partial charge >= 0.3 is 23.9 Å². The molecule has 1 fully saturated rings. The molecule has 10 heteroatoms. The first-order valence-electron chi connectivity index (χ1n) is 7.49. The second kappa shape index (κ2) is 9.33. The van der Waals surface area contributed by atoms with Gasteiger partial charge in [-0.2, -0.15) is 0 Å². The Morgan fingerprint density at radius 2 is 1.24 bits per heavy atom. The van der Waals surface area contributed by atoms with E-state index in [4.69, 9.17) is 28.4 Å². The van der Waals surface area contributed by atoms with Gasteiger partial charge < -0.3 is 28.4 Å². The van der Waals surface area contributed by atoms with Gasteiger partial charge in [0.1, 0.15) is 12.7 Å². The molecule has 1 aliphatic heterocycles. The van der Waals surface area contributed by atoms with Gasteiger partial charge in [0.05, 0.1) is 0 Å². The van der Waals surface area contributed by atoms with E-state index in [-0.39, 0.29) is 6.61 Å². The molecule has 1 aliphatic rings. The third-order valence-electron chi connectivity index (χ3n) is 3.18. The Morgan fingerprint density at radius 1 is 0.760 bits per heavy atom. The Balaban J connectivity index is 3.18. The Kier molecular flexibility index (Phi) is 7.78. The van der Waals surface area contributed by atoms with E-state index in [0.717, 1.165) is 20.8 Å². The van der Waals surface area contributed by atoms with Gasteiger partial charge in [0.15, 0.2) is 24.6 Å². The molecule has 1 heterocycles. The van der Waals surface area contributed by atoms with Crippen molar-refractivity contribution >= 4 is 23.9 Å². The zero-order valence-corrected chi connectivity index (χ0v) is 14.7. The summed E-state index contributed by atoms with van der Waals surface area (Å²) >= 11 is 0. The average Bonchev–Trinajstić information content (AvgIpc) is 2.48. The lowest BCUT2D eigenvalue weighted by Gasteiger charge is -2.43. The maximum Gasteiger partial charge on any atom is 0.303 e. The van der Waals surface area contributed by atoms with E-state index >= 15 is 0 Å². The van der Waals surface area contributed by atoms with Crippen LogP contribution in [0, 0.1) is 0 Å². The van der Waals surface area contributed by atoms with Crippen LogP contribution < -0.4 is 0 Å². The second-order valence-electron chi connectivity index (χ2n) is 5.30. The summed E-state index contributed by atoms with van der Waals surface area (Å²) in [5.74, 6) is -2.63. The highest BCUT2D eigenvalue weighted by molar-refractivity contribution is 5.68. The van der Waals surface area contributed by atoms with Gasteiger partial charge in [-0.1, -0.05) is 0 Å². The Morgan fingerprint density at radius 3 is 1.68 bits per heavy atom. The number of carbonyl (C=O) groups excluding carboxylic acids is 4. The molecule has 25 heavy (non-hydrogen) atoms. The summed E-state index contributed by atoms with van der Waals surface area (Å²) in [6.07, 6.45) is -5.67. The first kappa shape index (κ1) is 20.8. The summed E-state index contributed by atoms with van der Waals surface area (Å²) in [7, 11) is 1.29. The molecule has 0 aliphatic carbocycles. The number of hydrogen-bond donors (Lipinski definition) is 0. The van der Waals surface area contributed by atoms with Crippen molar-refractivity contribution in [3.8, 4) is 0 Å². The van der Waals surface area contributed by atoms with Gasteiger partial charge in [0.25, 0.3) is 0 Å². The van der Waals surface area contributed by atoms with Crippen LogP contribution in [0.1, 0.15) is 27.7 Å². The van der Waals surface area contributed by atoms with Crippen LogP contribution in [0.3, 0.4) is 0 Å². The van der Waals surface area contributed by atoms with E-state index in [1.54, 1.807) is 0 Å². The lowest BCUT2D eigenvalue weighted by atomic mass is 9.98. The summed E-state index contributed by atoms with van der Waals surface area (Å²) in [5, 5.41) is 0. The van der Waals surface area contributed by atoms with Crippen LogP contribution in [0.15, 0.2) is 0 Å². The topological polar surface area (TPSA) is 124 Å². The number of esters is 4. The Bertz CT molecular complexity index is 516. The third kappa shape index (κ3) is 6.31. The minimum absolute atomic E-state index is 0.280. The average molecular weight is 362 g/mol. The van der Waals surface area contributed by atoms with E-state index < -0.39 is 54.6 Å². The minimum atomic E-state index is -1.20. The quantitative estimate of drug-likeness (QED) is 0.460. The molecule has 1 saturated heterocycles. The van der Waals surface area contributed by atoms with Gasteiger partial charge in [-0.15, -0.1) is 0 Å². The summed E-state index contributed by atoms with van der Waals surface area (Å²) in [6, 6.07) is 0. The fourth-order valence-electron chi connectivity index (χ4n) is 2.38. The van der Waals surface area contributed by atoms with Gasteiger partial charge in [0.2, 0.25) is 0 Å². The highest BCUT2D eigenvalue weighted by Crippen LogP contribution is 2.29. The fourth-order valence-corrected chi connectivity index (χ4v) is 2.38. The van der Waals surface area contributed by atoms with Gasteiger partial charge in [0, 0.05) is 34.8 Å². The van der Waals surface area contributed by atoms with Crippen LogP contribution in [-0.2, 0) is 47.6 Å². The number of carbonyl (C=O) groups is 4. The van der Waals surface area contributed by atoms with E-state index in [9.17, 15) is 19.2 Å². The molecule has 4 unspecified atom stereocenters. The zero-order chi connectivity index (χ0) is 19.1. The summed E-state index contributed by atoms with van der Waals surface area (Å²) in [5.41, 5.74) is 0. The lowest BCUT2D eigenvalue weighted by Crippen LogP contribution is -2.62. The maximum atomic E-state index is 11.5. The monoisotopic (exact) mass is 362 g/mol. The van der Waals surface area contributed by atoms with Crippen molar-refractivity contribution in [2.24, 2.45) is 0 Å². The molecule has 0 aromatic carbocycles. The molecule has 0 radical (unpaired) electrons. The maximum absolute atomic E-state index is 11.5. The van der Waals surface area contributed by atoms with Crippen LogP contribution >= 0.6 is 0 Å². The normalized spacial score (nSPS) is 28.6. The molecule has 0 N–H and O–H groups in total. The molecule has 0 aromatic rings. The molecule has 0 amide bonds. The van der Waals surface area contributed by atoms with Crippen molar-refractivity contribution in [1.29, 1.82) is 0 Å². The van der Waals surface area contributed by atoms with Crippen molar-refractivity contribution in [3.63, 3.8) is 0 Å². The number of hydrogen-bond acceptors (Lipinski definition) is 10. The molecule has 1 rings (SSSR count). The SMILES string of the molecule is COC1OC(COC(C)=O)[C@@H](OC(C)=O)C(OC(C)=O)C1OC(C)=O. The standard InChI is InChI=1S/C15H22O10/c1-7(16)21-6-11-12(22-8(2)17)13(23-9(3)18)14(24-10(4)19)15(20-5)25-11/h11-15H,6H2,1-5H3/t11?,12-,13?,14?,15?/m1/s1. The van der Waals surface area contributed by atoms with Crippen molar-refractivity contribution in [3.05, 3.63) is 0 Å². The highest BCUT2D eigenvalue weighted by atomic mass is 16.7. The lowest BCUT2D eigenvalue weighted by molar-refractivity contribution is -0.302. The first-order chi connectivity index (χ1) is 11.6. The van der Waals surface area contributed by atoms with E-state index in [0.29, 0.717) is 0 Å². The second-order valence-corrected chi connectivity index (χ2v) is 5.30. The molecule has 142 valence electrons. The smallest absolute Gasteiger partial charge is 0.303 e. The first-order valence-corrected chi connectivity index (χ1v) is 7.49. The largest absolute Gasteiger partial charge is 0.463 e. The van der Waals surface area contributed by atoms with Crippen LogP contribution in [-0.4, -0.2) is 68.3 Å². The van der Waals surface area contributed by atoms with Crippen molar-refractivity contribution in [2.75, 3.05) is 13.7 Å². The highest BCUT2D eigenvalue weighted by Gasteiger charge is 2.52. The summed E-state index contributed by atoms with van der Waals surface area (Å²) in [6.45, 7) is 4.37. The van der Waals surface area contributed by atoms with Crippen LogP contribution in [0.25, 0.3) is 0 Å². The van der Waals surface area contributed by atoms with Gasteiger partial charge in [-0.25, -0.2) is 0 Å². The molecule has 5 atom stereocenters. The Labute approximate surface area is 144 Å². The van der Waals surface area contributed by atoms with Crippen LogP contribution in [0.2, 0.25) is 0 Å². The Hall–Kier alpha value is -2.20. The molecule has 0 bridgehead atoms. The molecule has 0 aromatic heterocycles. The predicted octanol–water partition coefficient (Wildman–Crippen LogP) is -0.284. The van der Waals surface area contributed by atoms with Gasteiger partial charge in [-0.05, 0) is 0 Å². The molecule has 0 spiro atoms.